The Balaban J connectivity index is 1.69. The standard InChI is InChI=1S/C19H20F3N3O2/c20-7-16(25-19(27)18(21)22)17(26)12-3-1-11(2-4-12)13-5-6-15(24-10-13)14-8-23-9-14/h1-6,10,14,16-18,23,26H,7-9H2,(H,25,27). The maximum Gasteiger partial charge on any atom is 0.315 e. The average Bonchev–Trinajstić information content (AvgIpc) is 2.64. The number of hydrogen-bond acceptors (Lipinski definition) is 4. The molecule has 8 heteroatoms. The van der Waals surface area contributed by atoms with Crippen LogP contribution in [0, 0.1) is 0 Å². The van der Waals surface area contributed by atoms with Gasteiger partial charge in [-0.1, -0.05) is 30.3 Å². The Hall–Kier alpha value is -2.45. The minimum Gasteiger partial charge on any atom is -0.386 e. The lowest BCUT2D eigenvalue weighted by Crippen LogP contribution is -2.43. The first-order valence-electron chi connectivity index (χ1n) is 8.59. The molecule has 2 aromatic rings. The molecule has 0 radical (unpaired) electrons. The Morgan fingerprint density at radius 2 is 1.85 bits per heavy atom. The smallest absolute Gasteiger partial charge is 0.315 e. The molecule has 3 N–H and O–H groups in total. The summed E-state index contributed by atoms with van der Waals surface area (Å²) >= 11 is 0. The first kappa shape index (κ1) is 19.3. The molecule has 2 unspecified atom stereocenters. The number of nitrogens with one attached hydrogen (secondary N) is 2. The summed E-state index contributed by atoms with van der Waals surface area (Å²) < 4.78 is 37.7. The van der Waals surface area contributed by atoms with Crippen molar-refractivity contribution in [3.05, 3.63) is 53.9 Å². The van der Waals surface area contributed by atoms with Gasteiger partial charge >= 0.3 is 6.43 Å². The molecule has 27 heavy (non-hydrogen) atoms. The first-order valence-corrected chi connectivity index (χ1v) is 8.59. The summed E-state index contributed by atoms with van der Waals surface area (Å²) in [4.78, 5) is 15.5. The van der Waals surface area contributed by atoms with Crippen LogP contribution >= 0.6 is 0 Å². The number of carbonyl (C=O) groups is 1. The van der Waals surface area contributed by atoms with Crippen molar-refractivity contribution in [3.8, 4) is 11.1 Å². The van der Waals surface area contributed by atoms with Gasteiger partial charge in [0.05, 0.1) is 6.04 Å². The largest absolute Gasteiger partial charge is 0.386 e. The van der Waals surface area contributed by atoms with Crippen LogP contribution in [0.15, 0.2) is 42.6 Å². The molecule has 144 valence electrons. The van der Waals surface area contributed by atoms with E-state index in [4.69, 9.17) is 0 Å². The zero-order valence-corrected chi connectivity index (χ0v) is 14.4. The highest BCUT2D eigenvalue weighted by atomic mass is 19.3. The molecule has 2 atom stereocenters. The highest BCUT2D eigenvalue weighted by molar-refractivity contribution is 5.79. The Bertz CT molecular complexity index is 765. The number of nitrogens with zero attached hydrogens (tertiary/aromatic N) is 1. The van der Waals surface area contributed by atoms with Crippen molar-refractivity contribution in [2.45, 2.75) is 24.5 Å². The van der Waals surface area contributed by atoms with Crippen LogP contribution in [-0.2, 0) is 4.79 Å². The van der Waals surface area contributed by atoms with E-state index in [2.05, 4.69) is 10.3 Å². The number of rotatable bonds is 7. The van der Waals surface area contributed by atoms with E-state index < -0.39 is 31.2 Å². The van der Waals surface area contributed by atoms with Gasteiger partial charge in [0, 0.05) is 36.5 Å². The van der Waals surface area contributed by atoms with Crippen LogP contribution in [0.3, 0.4) is 0 Å². The molecule has 0 bridgehead atoms. The second-order valence-electron chi connectivity index (χ2n) is 6.46. The summed E-state index contributed by atoms with van der Waals surface area (Å²) in [6, 6.07) is 9.09. The number of hydrogen-bond donors (Lipinski definition) is 3. The van der Waals surface area contributed by atoms with E-state index >= 15 is 0 Å². The summed E-state index contributed by atoms with van der Waals surface area (Å²) in [6.45, 7) is 0.691. The minimum absolute atomic E-state index is 0.320. The van der Waals surface area contributed by atoms with Crippen molar-refractivity contribution < 1.29 is 23.1 Å². The van der Waals surface area contributed by atoms with Gasteiger partial charge in [-0.2, -0.15) is 8.78 Å². The van der Waals surface area contributed by atoms with Crippen LogP contribution in [0.25, 0.3) is 11.1 Å². The maximum absolute atomic E-state index is 13.1. The zero-order valence-electron chi connectivity index (χ0n) is 14.4. The molecule has 5 nitrogen and oxygen atoms in total. The van der Waals surface area contributed by atoms with Gasteiger partial charge in [0.1, 0.15) is 12.8 Å². The molecule has 1 aromatic heterocycles. The lowest BCUT2D eigenvalue weighted by atomic mass is 9.96. The third kappa shape index (κ3) is 4.45. The van der Waals surface area contributed by atoms with Gasteiger partial charge in [-0.15, -0.1) is 0 Å². The molecule has 1 saturated heterocycles. The Morgan fingerprint density at radius 3 is 2.33 bits per heavy atom. The summed E-state index contributed by atoms with van der Waals surface area (Å²) in [5.74, 6) is -1.17. The van der Waals surface area contributed by atoms with E-state index in [1.807, 2.05) is 17.4 Å². The lowest BCUT2D eigenvalue weighted by Gasteiger charge is -2.26. The zero-order chi connectivity index (χ0) is 19.4. The summed E-state index contributed by atoms with van der Waals surface area (Å²) in [6.07, 6.45) is -2.93. The van der Waals surface area contributed by atoms with Crippen molar-refractivity contribution in [2.75, 3.05) is 19.8 Å². The van der Waals surface area contributed by atoms with Crippen molar-refractivity contribution in [2.24, 2.45) is 0 Å². The number of halogens is 3. The van der Waals surface area contributed by atoms with E-state index in [0.717, 1.165) is 29.9 Å². The highest BCUT2D eigenvalue weighted by Gasteiger charge is 2.26. The van der Waals surface area contributed by atoms with Gasteiger partial charge in [0.2, 0.25) is 0 Å². The van der Waals surface area contributed by atoms with Crippen LogP contribution in [0.2, 0.25) is 0 Å². The van der Waals surface area contributed by atoms with Crippen LogP contribution in [0.5, 0.6) is 0 Å². The fourth-order valence-electron chi connectivity index (χ4n) is 2.87. The van der Waals surface area contributed by atoms with E-state index in [1.54, 1.807) is 30.5 Å². The summed E-state index contributed by atoms with van der Waals surface area (Å²) in [5, 5.41) is 15.2. The number of pyridine rings is 1. The fourth-order valence-corrected chi connectivity index (χ4v) is 2.87. The Labute approximate surface area is 154 Å². The van der Waals surface area contributed by atoms with Crippen molar-refractivity contribution in [1.82, 2.24) is 15.6 Å². The van der Waals surface area contributed by atoms with Crippen LogP contribution in [-0.4, -0.2) is 48.2 Å². The predicted octanol–water partition coefficient (Wildman–Crippen LogP) is 2.19. The van der Waals surface area contributed by atoms with E-state index in [0.29, 0.717) is 11.5 Å². The van der Waals surface area contributed by atoms with Gasteiger partial charge in [-0.25, -0.2) is 4.39 Å². The van der Waals surface area contributed by atoms with E-state index in [1.165, 1.54) is 0 Å². The minimum atomic E-state index is -3.26. The summed E-state index contributed by atoms with van der Waals surface area (Å²) in [5.41, 5.74) is 3.09. The molecule has 3 rings (SSSR count). The maximum atomic E-state index is 13.1. The number of aliphatic hydroxyl groups is 1. The second kappa shape index (κ2) is 8.49. The first-order chi connectivity index (χ1) is 13.0. The number of aliphatic hydroxyl groups excluding tert-OH is 1. The van der Waals surface area contributed by atoms with Gasteiger partial charge in [0.15, 0.2) is 0 Å². The normalized spacial score (nSPS) is 16.6. The molecule has 1 fully saturated rings. The molecule has 1 aliphatic heterocycles. The van der Waals surface area contributed by atoms with Gasteiger partial charge < -0.3 is 15.7 Å². The molecule has 1 aliphatic rings. The van der Waals surface area contributed by atoms with Crippen molar-refractivity contribution in [1.29, 1.82) is 0 Å². The monoisotopic (exact) mass is 379 g/mol. The molecule has 0 aliphatic carbocycles. The molecule has 0 spiro atoms. The van der Waals surface area contributed by atoms with E-state index in [9.17, 15) is 23.1 Å². The van der Waals surface area contributed by atoms with Crippen LogP contribution < -0.4 is 10.6 Å². The average molecular weight is 379 g/mol. The molecular weight excluding hydrogens is 359 g/mol. The topological polar surface area (TPSA) is 74.2 Å². The Morgan fingerprint density at radius 1 is 1.19 bits per heavy atom. The molecule has 1 aromatic carbocycles. The predicted molar refractivity (Wildman–Crippen MR) is 94.2 cm³/mol. The second-order valence-corrected chi connectivity index (χ2v) is 6.46. The molecular formula is C19H20F3N3O2. The number of aromatic nitrogens is 1. The quantitative estimate of drug-likeness (QED) is 0.690. The summed E-state index contributed by atoms with van der Waals surface area (Å²) in [7, 11) is 0. The van der Waals surface area contributed by atoms with Crippen LogP contribution in [0.1, 0.15) is 23.3 Å². The van der Waals surface area contributed by atoms with Gasteiger partial charge in [-0.3, -0.25) is 9.78 Å². The fraction of sp³-hybridized carbons (Fsp3) is 0.368. The van der Waals surface area contributed by atoms with Crippen LogP contribution in [0.4, 0.5) is 13.2 Å². The number of benzene rings is 1. The molecule has 1 amide bonds. The van der Waals surface area contributed by atoms with E-state index in [-0.39, 0.29) is 0 Å². The van der Waals surface area contributed by atoms with Gasteiger partial charge in [-0.05, 0) is 17.2 Å². The lowest BCUT2D eigenvalue weighted by molar-refractivity contribution is -0.133. The molecule has 0 saturated carbocycles. The highest BCUT2D eigenvalue weighted by Crippen LogP contribution is 2.25. The third-order valence-electron chi connectivity index (χ3n) is 4.64. The van der Waals surface area contributed by atoms with Crippen molar-refractivity contribution in [3.63, 3.8) is 0 Å². The SMILES string of the molecule is O=C(NC(CF)C(O)c1ccc(-c2ccc(C3CNC3)nc2)cc1)C(F)F. The van der Waals surface area contributed by atoms with Crippen molar-refractivity contribution >= 4 is 5.91 Å². The number of alkyl halides is 3. The Kier molecular flexibility index (Phi) is 6.08. The molecule has 2 heterocycles. The number of amides is 1. The number of carbonyl (C=O) groups excluding carboxylic acids is 1. The van der Waals surface area contributed by atoms with Gasteiger partial charge in [0.25, 0.3) is 5.91 Å². The third-order valence-corrected chi connectivity index (χ3v) is 4.64.